The maximum absolute atomic E-state index is 4.88. The summed E-state index contributed by atoms with van der Waals surface area (Å²) in [7, 11) is 0. The molecule has 60 valence electrons. The zero-order chi connectivity index (χ0) is 7.98. The first-order valence-corrected chi connectivity index (χ1v) is 3.94. The van der Waals surface area contributed by atoms with Crippen molar-refractivity contribution in [2.75, 3.05) is 6.61 Å². The Hall–Kier alpha value is -0.530. The predicted molar refractivity (Wildman–Crippen MR) is 44.2 cm³/mol. The van der Waals surface area contributed by atoms with E-state index in [-0.39, 0.29) is 0 Å². The molecule has 0 bridgehead atoms. The summed E-state index contributed by atoms with van der Waals surface area (Å²) >= 11 is 0. The van der Waals surface area contributed by atoms with Gasteiger partial charge in [-0.05, 0) is 19.3 Å². The maximum atomic E-state index is 4.88. The molecule has 0 N–H and O–H groups in total. The maximum Gasteiger partial charge on any atom is 0.120 e. The Labute approximate surface area is 63.3 Å². The molecule has 1 heterocycles. The van der Waals surface area contributed by atoms with Gasteiger partial charge in [0.05, 0.1) is 5.71 Å². The van der Waals surface area contributed by atoms with Crippen LogP contribution < -0.4 is 0 Å². The fourth-order valence-electron chi connectivity index (χ4n) is 0.875. The van der Waals surface area contributed by atoms with E-state index < -0.39 is 0 Å². The molecule has 10 heavy (non-hydrogen) atoms. The van der Waals surface area contributed by atoms with Gasteiger partial charge in [0.25, 0.3) is 0 Å². The topological polar surface area (TPSA) is 21.6 Å². The molecular formula is C8H17NO. The molecule has 1 unspecified atom stereocenters. The number of rotatable bonds is 0. The lowest BCUT2D eigenvalue weighted by Gasteiger charge is -2.14. The smallest absolute Gasteiger partial charge is 0.120 e. The third-order valence-corrected chi connectivity index (χ3v) is 1.22. The molecule has 0 aromatic rings. The van der Waals surface area contributed by atoms with E-state index in [1.165, 1.54) is 0 Å². The van der Waals surface area contributed by atoms with Crippen LogP contribution in [0.3, 0.4) is 0 Å². The summed E-state index contributed by atoms with van der Waals surface area (Å²) in [4.78, 5) is 4.88. The molecule has 2 heteroatoms. The molecular weight excluding hydrogens is 126 g/mol. The summed E-state index contributed by atoms with van der Waals surface area (Å²) in [5, 5.41) is 3.80. The Kier molecular flexibility index (Phi) is 4.99. The van der Waals surface area contributed by atoms with E-state index in [2.05, 4.69) is 12.1 Å². The Morgan fingerprint density at radius 3 is 2.40 bits per heavy atom. The van der Waals surface area contributed by atoms with Crippen LogP contribution in [0.2, 0.25) is 0 Å². The monoisotopic (exact) mass is 143 g/mol. The Bertz CT molecular complexity index is 110. The van der Waals surface area contributed by atoms with Crippen LogP contribution in [-0.4, -0.2) is 12.3 Å². The van der Waals surface area contributed by atoms with Crippen LogP contribution in [0, 0.1) is 5.92 Å². The van der Waals surface area contributed by atoms with Gasteiger partial charge in [-0.25, -0.2) is 0 Å². The predicted octanol–water partition coefficient (Wildman–Crippen LogP) is 2.44. The molecule has 0 spiro atoms. The van der Waals surface area contributed by atoms with Crippen LogP contribution in [0.15, 0.2) is 5.16 Å². The van der Waals surface area contributed by atoms with Crippen LogP contribution >= 0.6 is 0 Å². The van der Waals surface area contributed by atoms with Crippen LogP contribution in [0.25, 0.3) is 0 Å². The SMILES string of the molecule is CC.CC1=NOCC(C)C1. The summed E-state index contributed by atoms with van der Waals surface area (Å²) in [6, 6.07) is 0. The Balaban J connectivity index is 0.000000371. The second kappa shape index (κ2) is 5.27. The standard InChI is InChI=1S/C6H11NO.C2H6/c1-5-3-6(2)7-8-4-5;1-2/h5H,3-4H2,1-2H3;1-2H3. The van der Waals surface area contributed by atoms with Crippen molar-refractivity contribution >= 4 is 5.71 Å². The van der Waals surface area contributed by atoms with Gasteiger partial charge in [0.1, 0.15) is 6.61 Å². The molecule has 0 aromatic carbocycles. The summed E-state index contributed by atoms with van der Waals surface area (Å²) in [5.74, 6) is 0.660. The molecule has 2 nitrogen and oxygen atoms in total. The zero-order valence-corrected chi connectivity index (χ0v) is 7.35. The first kappa shape index (κ1) is 9.47. The fourth-order valence-corrected chi connectivity index (χ4v) is 0.875. The van der Waals surface area contributed by atoms with Crippen molar-refractivity contribution in [1.29, 1.82) is 0 Å². The molecule has 1 aliphatic heterocycles. The van der Waals surface area contributed by atoms with Gasteiger partial charge < -0.3 is 4.84 Å². The fraction of sp³-hybridized carbons (Fsp3) is 0.875. The van der Waals surface area contributed by atoms with Gasteiger partial charge in [0, 0.05) is 0 Å². The number of oxime groups is 1. The molecule has 0 saturated heterocycles. The first-order valence-electron chi connectivity index (χ1n) is 3.94. The molecule has 0 saturated carbocycles. The molecule has 1 rings (SSSR count). The normalized spacial score (nSPS) is 23.6. The average molecular weight is 143 g/mol. The molecule has 0 radical (unpaired) electrons. The second-order valence-corrected chi connectivity index (χ2v) is 2.43. The summed E-state index contributed by atoms with van der Waals surface area (Å²) in [6.45, 7) is 8.95. The van der Waals surface area contributed by atoms with Gasteiger partial charge in [0.15, 0.2) is 0 Å². The van der Waals surface area contributed by atoms with Crippen molar-refractivity contribution in [2.45, 2.75) is 34.1 Å². The molecule has 0 fully saturated rings. The van der Waals surface area contributed by atoms with Gasteiger partial charge in [-0.2, -0.15) is 0 Å². The van der Waals surface area contributed by atoms with Gasteiger partial charge in [0.2, 0.25) is 0 Å². The van der Waals surface area contributed by atoms with E-state index in [9.17, 15) is 0 Å². The largest absolute Gasteiger partial charge is 0.396 e. The van der Waals surface area contributed by atoms with Gasteiger partial charge in [-0.3, -0.25) is 0 Å². The summed E-state index contributed by atoms with van der Waals surface area (Å²) < 4.78 is 0. The molecule has 0 aliphatic carbocycles. The van der Waals surface area contributed by atoms with Crippen molar-refractivity contribution in [3.8, 4) is 0 Å². The van der Waals surface area contributed by atoms with Crippen molar-refractivity contribution < 1.29 is 4.84 Å². The number of hydrogen-bond acceptors (Lipinski definition) is 2. The van der Waals surface area contributed by atoms with E-state index in [4.69, 9.17) is 4.84 Å². The van der Waals surface area contributed by atoms with Gasteiger partial charge >= 0.3 is 0 Å². The molecule has 1 atom stereocenters. The minimum absolute atomic E-state index is 0.660. The van der Waals surface area contributed by atoms with Crippen LogP contribution in [0.4, 0.5) is 0 Å². The van der Waals surface area contributed by atoms with Crippen LogP contribution in [-0.2, 0) is 4.84 Å². The highest BCUT2D eigenvalue weighted by atomic mass is 16.6. The van der Waals surface area contributed by atoms with E-state index in [0.29, 0.717) is 5.92 Å². The molecule has 1 aliphatic rings. The van der Waals surface area contributed by atoms with E-state index in [0.717, 1.165) is 18.7 Å². The van der Waals surface area contributed by atoms with Crippen molar-refractivity contribution in [3.05, 3.63) is 0 Å². The summed E-state index contributed by atoms with van der Waals surface area (Å²) in [6.07, 6.45) is 1.10. The van der Waals surface area contributed by atoms with Crippen LogP contribution in [0.5, 0.6) is 0 Å². The quantitative estimate of drug-likeness (QED) is 0.510. The lowest BCUT2D eigenvalue weighted by atomic mass is 10.1. The van der Waals surface area contributed by atoms with Gasteiger partial charge in [-0.15, -0.1) is 0 Å². The van der Waals surface area contributed by atoms with E-state index in [1.54, 1.807) is 0 Å². The summed E-state index contributed by atoms with van der Waals surface area (Å²) in [5.41, 5.74) is 1.11. The number of nitrogens with zero attached hydrogens (tertiary/aromatic N) is 1. The Morgan fingerprint density at radius 2 is 2.10 bits per heavy atom. The van der Waals surface area contributed by atoms with Crippen LogP contribution in [0.1, 0.15) is 34.1 Å². The minimum Gasteiger partial charge on any atom is -0.396 e. The highest BCUT2D eigenvalue weighted by molar-refractivity contribution is 5.81. The lowest BCUT2D eigenvalue weighted by Crippen LogP contribution is -2.13. The number of hydrogen-bond donors (Lipinski definition) is 0. The molecule has 0 amide bonds. The minimum atomic E-state index is 0.660. The first-order chi connectivity index (χ1) is 4.79. The lowest BCUT2D eigenvalue weighted by molar-refractivity contribution is 0.100. The highest BCUT2D eigenvalue weighted by Crippen LogP contribution is 2.09. The third kappa shape index (κ3) is 3.49. The van der Waals surface area contributed by atoms with E-state index in [1.807, 2.05) is 20.8 Å². The zero-order valence-electron chi connectivity index (χ0n) is 7.35. The van der Waals surface area contributed by atoms with Crippen molar-refractivity contribution in [1.82, 2.24) is 0 Å². The van der Waals surface area contributed by atoms with Crippen molar-refractivity contribution in [3.63, 3.8) is 0 Å². The second-order valence-electron chi connectivity index (χ2n) is 2.43. The Morgan fingerprint density at radius 1 is 1.50 bits per heavy atom. The van der Waals surface area contributed by atoms with Crippen molar-refractivity contribution in [2.24, 2.45) is 11.1 Å². The van der Waals surface area contributed by atoms with Gasteiger partial charge in [-0.1, -0.05) is 25.9 Å². The highest BCUT2D eigenvalue weighted by Gasteiger charge is 2.08. The van der Waals surface area contributed by atoms with E-state index >= 15 is 0 Å². The third-order valence-electron chi connectivity index (χ3n) is 1.22. The average Bonchev–Trinajstić information content (AvgIpc) is 1.91. The molecule has 0 aromatic heterocycles.